The summed E-state index contributed by atoms with van der Waals surface area (Å²) < 4.78 is 11.8. The van der Waals surface area contributed by atoms with E-state index in [0.717, 1.165) is 22.3 Å². The Morgan fingerprint density at radius 2 is 2.28 bits per heavy atom. The minimum Gasteiger partial charge on any atom is -0.492 e. The van der Waals surface area contributed by atoms with Crippen molar-refractivity contribution in [2.45, 2.75) is 6.92 Å². The smallest absolute Gasteiger partial charge is 0.151 e. The van der Waals surface area contributed by atoms with Gasteiger partial charge in [-0.25, -0.2) is 0 Å². The van der Waals surface area contributed by atoms with Crippen molar-refractivity contribution in [3.05, 3.63) is 34.2 Å². The van der Waals surface area contributed by atoms with Crippen molar-refractivity contribution in [3.8, 4) is 5.75 Å². The minimum atomic E-state index is 0. The van der Waals surface area contributed by atoms with Gasteiger partial charge in [-0.2, -0.15) is 0 Å². The Kier molecular flexibility index (Phi) is 5.78. The van der Waals surface area contributed by atoms with E-state index in [2.05, 4.69) is 21.2 Å². The molecule has 2 rings (SSSR count). The molecule has 4 nitrogen and oxygen atoms in total. The number of ether oxygens (including phenoxy) is 2. The number of morpholine rings is 1. The average molecular weight is 336 g/mol. The fourth-order valence-electron chi connectivity index (χ4n) is 1.54. The first kappa shape index (κ1) is 15.1. The zero-order valence-electron chi connectivity index (χ0n) is 10.0. The maximum absolute atomic E-state index is 5.91. The Hall–Kier alpha value is -0.910. The number of rotatable bonds is 2. The molecule has 1 saturated heterocycles. The average Bonchev–Trinajstić information content (AvgIpc) is 2.33. The Labute approximate surface area is 121 Å². The number of nitrogens with one attached hydrogen (secondary N) is 1. The Morgan fingerprint density at radius 1 is 1.50 bits per heavy atom. The molecule has 0 spiro atoms. The van der Waals surface area contributed by atoms with Crippen LogP contribution in [-0.2, 0) is 4.74 Å². The molecule has 6 heteroatoms. The fourth-order valence-corrected chi connectivity index (χ4v) is 2.10. The third-order valence-electron chi connectivity index (χ3n) is 2.42. The standard InChI is InChI=1S/C12H15BrN2O2.ClH/c1-8-4-10(13)12(14)11(5-8)17-7-9-6-15-2-3-16-9;/h4-5,7,15H,2-3,6,14H2,1H3;1H. The Balaban J connectivity index is 0.00000162. The number of anilines is 1. The van der Waals surface area contributed by atoms with Crippen LogP contribution in [0.5, 0.6) is 5.75 Å². The molecule has 3 N–H and O–H groups in total. The van der Waals surface area contributed by atoms with E-state index in [4.69, 9.17) is 15.2 Å². The molecule has 18 heavy (non-hydrogen) atoms. The lowest BCUT2D eigenvalue weighted by Crippen LogP contribution is -2.29. The molecule has 0 bridgehead atoms. The molecule has 100 valence electrons. The molecule has 0 atom stereocenters. The summed E-state index contributed by atoms with van der Waals surface area (Å²) in [6, 6.07) is 3.85. The lowest BCUT2D eigenvalue weighted by molar-refractivity contribution is 0.168. The van der Waals surface area contributed by atoms with Crippen molar-refractivity contribution < 1.29 is 9.47 Å². The first-order valence-corrected chi connectivity index (χ1v) is 6.21. The van der Waals surface area contributed by atoms with Crippen LogP contribution in [0.15, 0.2) is 28.6 Å². The van der Waals surface area contributed by atoms with Crippen molar-refractivity contribution in [1.29, 1.82) is 0 Å². The maximum atomic E-state index is 5.91. The van der Waals surface area contributed by atoms with Crippen LogP contribution in [0, 0.1) is 6.92 Å². The van der Waals surface area contributed by atoms with E-state index in [1.807, 2.05) is 19.1 Å². The quantitative estimate of drug-likeness (QED) is 0.644. The van der Waals surface area contributed by atoms with Crippen molar-refractivity contribution in [2.24, 2.45) is 0 Å². The van der Waals surface area contributed by atoms with Crippen LogP contribution in [-0.4, -0.2) is 19.7 Å². The van der Waals surface area contributed by atoms with Gasteiger partial charge in [-0.1, -0.05) is 0 Å². The molecule has 1 aliphatic heterocycles. The summed E-state index contributed by atoms with van der Waals surface area (Å²) in [5.41, 5.74) is 7.59. The van der Waals surface area contributed by atoms with Crippen molar-refractivity contribution in [2.75, 3.05) is 25.4 Å². The normalized spacial score (nSPS) is 16.9. The van der Waals surface area contributed by atoms with E-state index in [1.54, 1.807) is 6.26 Å². The van der Waals surface area contributed by atoms with Gasteiger partial charge in [0.25, 0.3) is 0 Å². The zero-order chi connectivity index (χ0) is 12.3. The molecule has 1 aromatic rings. The summed E-state index contributed by atoms with van der Waals surface area (Å²) in [7, 11) is 0. The summed E-state index contributed by atoms with van der Waals surface area (Å²) in [5, 5.41) is 3.19. The highest BCUT2D eigenvalue weighted by molar-refractivity contribution is 9.10. The zero-order valence-corrected chi connectivity index (χ0v) is 12.4. The van der Waals surface area contributed by atoms with Gasteiger partial charge >= 0.3 is 0 Å². The van der Waals surface area contributed by atoms with Crippen LogP contribution in [0.25, 0.3) is 0 Å². The second-order valence-electron chi connectivity index (χ2n) is 3.89. The third-order valence-corrected chi connectivity index (χ3v) is 3.07. The molecule has 1 fully saturated rings. The number of halogens is 2. The first-order valence-electron chi connectivity index (χ1n) is 5.41. The number of nitrogen functional groups attached to an aromatic ring is 1. The van der Waals surface area contributed by atoms with E-state index in [-0.39, 0.29) is 12.4 Å². The van der Waals surface area contributed by atoms with Crippen LogP contribution in [0.3, 0.4) is 0 Å². The third kappa shape index (κ3) is 3.80. The molecular weight excluding hydrogens is 320 g/mol. The molecule has 0 radical (unpaired) electrons. The molecule has 0 saturated carbocycles. The molecule has 0 aromatic heterocycles. The monoisotopic (exact) mass is 334 g/mol. The second kappa shape index (κ2) is 6.87. The van der Waals surface area contributed by atoms with Gasteiger partial charge in [-0.05, 0) is 40.5 Å². The highest BCUT2D eigenvalue weighted by atomic mass is 79.9. The summed E-state index contributed by atoms with van der Waals surface area (Å²) in [5.74, 6) is 1.42. The van der Waals surface area contributed by atoms with Crippen LogP contribution in [0.4, 0.5) is 5.69 Å². The SMILES string of the molecule is Cc1cc(Br)c(N)c(OC=C2CNCCO2)c1.Cl. The van der Waals surface area contributed by atoms with Gasteiger partial charge in [0.1, 0.15) is 18.6 Å². The molecule has 1 heterocycles. The summed E-state index contributed by atoms with van der Waals surface area (Å²) in [6.07, 6.45) is 1.60. The Morgan fingerprint density at radius 3 is 2.94 bits per heavy atom. The molecular formula is C12H16BrClN2O2. The highest BCUT2D eigenvalue weighted by Gasteiger charge is 2.08. The summed E-state index contributed by atoms with van der Waals surface area (Å²) >= 11 is 3.39. The van der Waals surface area contributed by atoms with Gasteiger partial charge in [-0.15, -0.1) is 12.4 Å². The first-order chi connectivity index (χ1) is 8.16. The van der Waals surface area contributed by atoms with Crippen molar-refractivity contribution >= 4 is 34.0 Å². The summed E-state index contributed by atoms with van der Waals surface area (Å²) in [4.78, 5) is 0. The number of nitrogens with two attached hydrogens (primary N) is 1. The van der Waals surface area contributed by atoms with Crippen molar-refractivity contribution in [1.82, 2.24) is 5.32 Å². The Bertz CT molecular complexity index is 444. The van der Waals surface area contributed by atoms with E-state index in [9.17, 15) is 0 Å². The van der Waals surface area contributed by atoms with E-state index in [0.29, 0.717) is 24.6 Å². The molecule has 1 aromatic carbocycles. The van der Waals surface area contributed by atoms with Gasteiger partial charge in [0, 0.05) is 11.0 Å². The summed E-state index contributed by atoms with van der Waals surface area (Å²) in [6.45, 7) is 4.22. The fraction of sp³-hybridized carbons (Fsp3) is 0.333. The maximum Gasteiger partial charge on any atom is 0.151 e. The number of aryl methyl sites for hydroxylation is 1. The van der Waals surface area contributed by atoms with Crippen molar-refractivity contribution in [3.63, 3.8) is 0 Å². The molecule has 0 amide bonds. The minimum absolute atomic E-state index is 0. The van der Waals surface area contributed by atoms with Crippen LogP contribution >= 0.6 is 28.3 Å². The van der Waals surface area contributed by atoms with E-state index in [1.165, 1.54) is 0 Å². The predicted molar refractivity (Wildman–Crippen MR) is 78.1 cm³/mol. The number of hydrogen-bond acceptors (Lipinski definition) is 4. The highest BCUT2D eigenvalue weighted by Crippen LogP contribution is 2.31. The topological polar surface area (TPSA) is 56.5 Å². The van der Waals surface area contributed by atoms with Crippen LogP contribution < -0.4 is 15.8 Å². The molecule has 0 unspecified atom stereocenters. The number of hydrogen-bond donors (Lipinski definition) is 2. The van der Waals surface area contributed by atoms with Gasteiger partial charge in [-0.3, -0.25) is 0 Å². The van der Waals surface area contributed by atoms with Gasteiger partial charge in [0.2, 0.25) is 0 Å². The van der Waals surface area contributed by atoms with Crippen LogP contribution in [0.2, 0.25) is 0 Å². The molecule has 0 aliphatic carbocycles. The largest absolute Gasteiger partial charge is 0.492 e. The van der Waals surface area contributed by atoms with Gasteiger partial charge < -0.3 is 20.5 Å². The predicted octanol–water partition coefficient (Wildman–Crippen LogP) is 2.60. The lowest BCUT2D eigenvalue weighted by Gasteiger charge is -2.17. The second-order valence-corrected chi connectivity index (χ2v) is 4.74. The number of benzene rings is 1. The van der Waals surface area contributed by atoms with Crippen LogP contribution in [0.1, 0.15) is 5.56 Å². The van der Waals surface area contributed by atoms with E-state index >= 15 is 0 Å². The van der Waals surface area contributed by atoms with Gasteiger partial charge in [0.05, 0.1) is 12.2 Å². The lowest BCUT2D eigenvalue weighted by atomic mass is 10.2. The van der Waals surface area contributed by atoms with E-state index < -0.39 is 0 Å². The molecule has 1 aliphatic rings. The van der Waals surface area contributed by atoms with Gasteiger partial charge in [0.15, 0.2) is 5.75 Å².